The topological polar surface area (TPSA) is 85.2 Å². The van der Waals surface area contributed by atoms with Gasteiger partial charge in [0.1, 0.15) is 0 Å². The van der Waals surface area contributed by atoms with Crippen molar-refractivity contribution in [2.75, 3.05) is 32.0 Å². The molecule has 35 heavy (non-hydrogen) atoms. The Labute approximate surface area is 206 Å². The van der Waals surface area contributed by atoms with E-state index in [9.17, 15) is 14.7 Å². The van der Waals surface area contributed by atoms with Gasteiger partial charge in [-0.3, -0.25) is 19.5 Å². The van der Waals surface area contributed by atoms with Crippen LogP contribution in [0.3, 0.4) is 0 Å². The number of aliphatic hydroxyl groups is 1. The van der Waals surface area contributed by atoms with Gasteiger partial charge in [0.15, 0.2) is 0 Å². The molecule has 2 atom stereocenters. The first-order valence-electron chi connectivity index (χ1n) is 12.3. The zero-order valence-corrected chi connectivity index (χ0v) is 20.3. The summed E-state index contributed by atoms with van der Waals surface area (Å²) in [6.07, 6.45) is 3.88. The molecule has 0 aliphatic carbocycles. The molecule has 2 N–H and O–H groups in total. The number of hydrogen-bond acceptors (Lipinski definition) is 5. The molecule has 7 nitrogen and oxygen atoms in total. The van der Waals surface area contributed by atoms with Crippen molar-refractivity contribution in [3.8, 4) is 0 Å². The molecule has 182 valence electrons. The van der Waals surface area contributed by atoms with Crippen LogP contribution in [0.2, 0.25) is 0 Å². The Kier molecular flexibility index (Phi) is 6.54. The summed E-state index contributed by atoms with van der Waals surface area (Å²) >= 11 is 0. The average Bonchev–Trinajstić information content (AvgIpc) is 3.56. The predicted molar refractivity (Wildman–Crippen MR) is 137 cm³/mol. The van der Waals surface area contributed by atoms with Crippen LogP contribution in [0.1, 0.15) is 48.1 Å². The number of carbonyl (C=O) groups is 2. The molecule has 0 saturated carbocycles. The van der Waals surface area contributed by atoms with E-state index < -0.39 is 0 Å². The first-order chi connectivity index (χ1) is 16.9. The third kappa shape index (κ3) is 5.21. The van der Waals surface area contributed by atoms with E-state index in [-0.39, 0.29) is 30.4 Å². The van der Waals surface area contributed by atoms with Gasteiger partial charge in [0, 0.05) is 50.7 Å². The van der Waals surface area contributed by atoms with Gasteiger partial charge < -0.3 is 15.3 Å². The Morgan fingerprint density at radius 3 is 2.86 bits per heavy atom. The molecule has 0 bridgehead atoms. The highest BCUT2D eigenvalue weighted by molar-refractivity contribution is 5.99. The predicted octanol–water partition coefficient (Wildman–Crippen LogP) is 3.20. The number of rotatable bonds is 7. The highest BCUT2D eigenvalue weighted by Gasteiger charge is 2.29. The molecule has 1 fully saturated rings. The standard InChI is InChI=1S/C28H32N4O3/c1-18-10-23(15-29-18)20-4-3-5-22(13-20)26(17-32-9-8-24(33)16-32)31(2)28(35)12-19-6-7-21-14-27(34)30-25(21)11-19/h3-7,11,13,15,24,26,33H,8-10,12,14,16-17H2,1-2H3,(H,30,34)/t24-,26+/m0/s1. The van der Waals surface area contributed by atoms with E-state index in [2.05, 4.69) is 33.4 Å². The highest BCUT2D eigenvalue weighted by atomic mass is 16.3. The van der Waals surface area contributed by atoms with Crippen molar-refractivity contribution >= 4 is 28.8 Å². The summed E-state index contributed by atoms with van der Waals surface area (Å²) in [5, 5.41) is 12.9. The van der Waals surface area contributed by atoms with Crippen LogP contribution in [-0.4, -0.2) is 65.2 Å². The zero-order chi connectivity index (χ0) is 24.5. The van der Waals surface area contributed by atoms with Gasteiger partial charge in [-0.05, 0) is 53.3 Å². The number of β-amino-alcohol motifs (C(OH)–C–C–N with tert-alkyl or cyclic N) is 1. The lowest BCUT2D eigenvalue weighted by Gasteiger charge is -2.32. The number of aliphatic imine (C=N–C) groups is 1. The number of likely N-dealkylation sites (N-methyl/N-ethyl adjacent to an activating group) is 1. The number of nitrogens with one attached hydrogen (secondary N) is 1. The average molecular weight is 473 g/mol. The quantitative estimate of drug-likeness (QED) is 0.648. The van der Waals surface area contributed by atoms with E-state index in [4.69, 9.17) is 0 Å². The molecule has 0 aromatic heterocycles. The molecule has 3 aliphatic heterocycles. The minimum Gasteiger partial charge on any atom is -0.392 e. The summed E-state index contributed by atoms with van der Waals surface area (Å²) in [5.41, 5.74) is 7.16. The maximum atomic E-state index is 13.5. The van der Waals surface area contributed by atoms with Crippen molar-refractivity contribution < 1.29 is 14.7 Å². The number of fused-ring (bicyclic) bond motifs is 1. The summed E-state index contributed by atoms with van der Waals surface area (Å²) in [4.78, 5) is 33.6. The van der Waals surface area contributed by atoms with Crippen molar-refractivity contribution in [3.05, 3.63) is 70.9 Å². The van der Waals surface area contributed by atoms with E-state index in [0.29, 0.717) is 19.5 Å². The number of benzene rings is 2. The second-order valence-electron chi connectivity index (χ2n) is 9.94. The van der Waals surface area contributed by atoms with E-state index >= 15 is 0 Å². The van der Waals surface area contributed by atoms with Crippen LogP contribution in [0.15, 0.2) is 53.7 Å². The molecule has 2 aromatic rings. The van der Waals surface area contributed by atoms with Crippen LogP contribution in [0.5, 0.6) is 0 Å². The summed E-state index contributed by atoms with van der Waals surface area (Å²) in [6.45, 7) is 4.15. The number of amides is 2. The molecular formula is C28H32N4O3. The minimum absolute atomic E-state index is 0.00804. The van der Waals surface area contributed by atoms with Crippen LogP contribution < -0.4 is 5.32 Å². The molecule has 2 amide bonds. The molecule has 0 unspecified atom stereocenters. The van der Waals surface area contributed by atoms with Gasteiger partial charge in [0.05, 0.1) is 25.0 Å². The largest absolute Gasteiger partial charge is 0.392 e. The monoisotopic (exact) mass is 472 g/mol. The maximum absolute atomic E-state index is 13.5. The number of carbonyl (C=O) groups excluding carboxylic acids is 2. The molecule has 0 radical (unpaired) electrons. The van der Waals surface area contributed by atoms with E-state index in [1.54, 1.807) is 0 Å². The van der Waals surface area contributed by atoms with E-state index in [1.165, 1.54) is 5.57 Å². The molecule has 3 aliphatic rings. The van der Waals surface area contributed by atoms with Crippen LogP contribution >= 0.6 is 0 Å². The Hall–Kier alpha value is -3.29. The lowest BCUT2D eigenvalue weighted by Crippen LogP contribution is -2.39. The Bertz CT molecular complexity index is 1220. The molecule has 0 spiro atoms. The number of likely N-dealkylation sites (tertiary alicyclic amines) is 1. The molecule has 3 heterocycles. The molecule has 2 aromatic carbocycles. The van der Waals surface area contributed by atoms with Gasteiger partial charge in [0.2, 0.25) is 11.8 Å². The number of hydrogen-bond donors (Lipinski definition) is 2. The molecule has 7 heteroatoms. The van der Waals surface area contributed by atoms with Crippen molar-refractivity contribution in [3.63, 3.8) is 0 Å². The number of anilines is 1. The first kappa shape index (κ1) is 23.5. The van der Waals surface area contributed by atoms with E-state index in [0.717, 1.165) is 53.0 Å². The summed E-state index contributed by atoms with van der Waals surface area (Å²) in [6, 6.07) is 14.0. The minimum atomic E-state index is -0.312. The van der Waals surface area contributed by atoms with Gasteiger partial charge in [-0.1, -0.05) is 30.3 Å². The zero-order valence-electron chi connectivity index (χ0n) is 20.3. The van der Waals surface area contributed by atoms with E-state index in [1.807, 2.05) is 49.3 Å². The van der Waals surface area contributed by atoms with Gasteiger partial charge in [-0.2, -0.15) is 0 Å². The van der Waals surface area contributed by atoms with Gasteiger partial charge in [-0.25, -0.2) is 0 Å². The van der Waals surface area contributed by atoms with Crippen molar-refractivity contribution in [1.29, 1.82) is 0 Å². The third-order valence-electron chi connectivity index (χ3n) is 7.22. The lowest BCUT2D eigenvalue weighted by molar-refractivity contribution is -0.131. The fraction of sp³-hybridized carbons (Fsp3) is 0.393. The first-order valence-corrected chi connectivity index (χ1v) is 12.3. The number of nitrogens with zero attached hydrogens (tertiary/aromatic N) is 3. The number of allylic oxidation sites excluding steroid dienone is 1. The Morgan fingerprint density at radius 2 is 2.11 bits per heavy atom. The molecular weight excluding hydrogens is 440 g/mol. The van der Waals surface area contributed by atoms with Crippen molar-refractivity contribution in [2.24, 2.45) is 4.99 Å². The second kappa shape index (κ2) is 9.76. The maximum Gasteiger partial charge on any atom is 0.228 e. The van der Waals surface area contributed by atoms with Crippen LogP contribution in [0.25, 0.3) is 5.57 Å². The second-order valence-corrected chi connectivity index (χ2v) is 9.94. The van der Waals surface area contributed by atoms with Gasteiger partial charge >= 0.3 is 0 Å². The summed E-state index contributed by atoms with van der Waals surface area (Å²) in [7, 11) is 1.86. The van der Waals surface area contributed by atoms with Crippen molar-refractivity contribution in [1.82, 2.24) is 9.80 Å². The van der Waals surface area contributed by atoms with Crippen LogP contribution in [0, 0.1) is 0 Å². The van der Waals surface area contributed by atoms with Crippen molar-refractivity contribution in [2.45, 2.75) is 44.8 Å². The fourth-order valence-electron chi connectivity index (χ4n) is 5.20. The summed E-state index contributed by atoms with van der Waals surface area (Å²) in [5.74, 6) is 0.00925. The smallest absolute Gasteiger partial charge is 0.228 e. The molecule has 1 saturated heterocycles. The SMILES string of the molecule is CC1=NC=C(c2cccc([C@@H](CN3CC[C@H](O)C3)N(C)C(=O)Cc3ccc4c(c3)NC(=O)C4)c2)C1. The Morgan fingerprint density at radius 1 is 1.26 bits per heavy atom. The lowest BCUT2D eigenvalue weighted by atomic mass is 9.96. The van der Waals surface area contributed by atoms with Crippen LogP contribution in [0.4, 0.5) is 5.69 Å². The third-order valence-corrected chi connectivity index (χ3v) is 7.22. The normalized spacial score (nSPS) is 20.3. The number of aliphatic hydroxyl groups excluding tert-OH is 1. The fourth-order valence-corrected chi connectivity index (χ4v) is 5.20. The highest BCUT2D eigenvalue weighted by Crippen LogP contribution is 2.30. The van der Waals surface area contributed by atoms with Gasteiger partial charge in [0.25, 0.3) is 0 Å². The molecule has 5 rings (SSSR count). The summed E-state index contributed by atoms with van der Waals surface area (Å²) < 4.78 is 0. The Balaban J connectivity index is 1.37. The van der Waals surface area contributed by atoms with Crippen LogP contribution in [-0.2, 0) is 22.4 Å². The van der Waals surface area contributed by atoms with Gasteiger partial charge in [-0.15, -0.1) is 0 Å².